The van der Waals surface area contributed by atoms with Crippen molar-refractivity contribution < 1.29 is 27.1 Å². The smallest absolute Gasteiger partial charge is 0.330 e. The summed E-state index contributed by atoms with van der Waals surface area (Å²) in [5.74, 6) is -4.84. The van der Waals surface area contributed by atoms with Crippen molar-refractivity contribution in [1.29, 1.82) is 0 Å². The lowest BCUT2D eigenvalue weighted by atomic mass is 10.2. The molecule has 0 radical (unpaired) electrons. The zero-order valence-corrected chi connectivity index (χ0v) is 8.58. The maximum Gasteiger partial charge on any atom is 0.330 e. The summed E-state index contributed by atoms with van der Waals surface area (Å²) >= 11 is 0. The normalized spacial score (nSPS) is 11.8. The summed E-state index contributed by atoms with van der Waals surface area (Å²) in [7, 11) is 0. The van der Waals surface area contributed by atoms with Gasteiger partial charge in [0, 0.05) is 18.0 Å². The van der Waals surface area contributed by atoms with Crippen molar-refractivity contribution in [3.05, 3.63) is 30.1 Å². The van der Waals surface area contributed by atoms with Crippen LogP contribution in [-0.2, 0) is 4.74 Å². The fourth-order valence-corrected chi connectivity index (χ4v) is 0.954. The minimum atomic E-state index is -4.24. The van der Waals surface area contributed by atoms with E-state index in [1.54, 1.807) is 0 Å². The second-order valence-electron chi connectivity index (χ2n) is 3.22. The predicted molar refractivity (Wildman–Crippen MR) is 50.3 cm³/mol. The third-order valence-electron chi connectivity index (χ3n) is 1.83. The zero-order valence-electron chi connectivity index (χ0n) is 8.58. The quantitative estimate of drug-likeness (QED) is 0.574. The summed E-state index contributed by atoms with van der Waals surface area (Å²) in [6.07, 6.45) is -1.14. The van der Waals surface area contributed by atoms with Crippen LogP contribution >= 0.6 is 0 Å². The number of halogens is 4. The molecule has 94 valence electrons. The molecule has 0 N–H and O–H groups in total. The van der Waals surface area contributed by atoms with Crippen molar-refractivity contribution in [2.24, 2.45) is 0 Å². The Kier molecular flexibility index (Phi) is 4.56. The highest BCUT2D eigenvalue weighted by Gasteiger charge is 2.41. The highest BCUT2D eigenvalue weighted by molar-refractivity contribution is 5.96. The van der Waals surface area contributed by atoms with Crippen LogP contribution in [-0.4, -0.2) is 36.3 Å². The van der Waals surface area contributed by atoms with E-state index in [1.807, 2.05) is 0 Å². The van der Waals surface area contributed by atoms with Crippen LogP contribution < -0.4 is 0 Å². The second kappa shape index (κ2) is 5.72. The maximum atomic E-state index is 12.4. The Morgan fingerprint density at radius 2 is 2.18 bits per heavy atom. The number of alkyl halides is 4. The van der Waals surface area contributed by atoms with E-state index in [1.165, 1.54) is 24.5 Å². The molecule has 0 aliphatic heterocycles. The average molecular weight is 251 g/mol. The van der Waals surface area contributed by atoms with Crippen molar-refractivity contribution in [2.75, 3.05) is 13.2 Å². The van der Waals surface area contributed by atoms with E-state index in [9.17, 15) is 22.4 Å². The molecule has 0 aliphatic carbocycles. The molecule has 0 unspecified atom stereocenters. The first-order chi connectivity index (χ1) is 7.93. The molecular weight excluding hydrogens is 242 g/mol. The van der Waals surface area contributed by atoms with E-state index >= 15 is 0 Å². The minimum Gasteiger partial charge on any atom is -0.367 e. The van der Waals surface area contributed by atoms with Crippen molar-refractivity contribution in [3.63, 3.8) is 0 Å². The van der Waals surface area contributed by atoms with E-state index in [4.69, 9.17) is 0 Å². The first-order valence-electron chi connectivity index (χ1n) is 4.60. The number of Topliss-reactive ketones (excluding diaryl/α,β-unsaturated/α-hetero) is 1. The van der Waals surface area contributed by atoms with Crippen LogP contribution in [0.2, 0.25) is 0 Å². The molecule has 0 spiro atoms. The SMILES string of the molecule is O=C(COCC(F)(F)C(F)F)c1cccnc1. The summed E-state index contributed by atoms with van der Waals surface area (Å²) in [4.78, 5) is 14.9. The Balaban J connectivity index is 2.40. The molecule has 0 saturated heterocycles. The van der Waals surface area contributed by atoms with Gasteiger partial charge in [0.05, 0.1) is 0 Å². The van der Waals surface area contributed by atoms with Crippen molar-refractivity contribution in [3.8, 4) is 0 Å². The zero-order chi connectivity index (χ0) is 12.9. The lowest BCUT2D eigenvalue weighted by Gasteiger charge is -2.14. The van der Waals surface area contributed by atoms with Crippen LogP contribution in [0.4, 0.5) is 17.6 Å². The summed E-state index contributed by atoms with van der Waals surface area (Å²) < 4.78 is 52.5. The number of nitrogens with zero attached hydrogens (tertiary/aromatic N) is 1. The number of pyridine rings is 1. The van der Waals surface area contributed by atoms with Gasteiger partial charge in [-0.3, -0.25) is 9.78 Å². The van der Waals surface area contributed by atoms with Crippen LogP contribution in [0, 0.1) is 0 Å². The van der Waals surface area contributed by atoms with Gasteiger partial charge in [0.1, 0.15) is 13.2 Å². The van der Waals surface area contributed by atoms with Crippen LogP contribution in [0.5, 0.6) is 0 Å². The van der Waals surface area contributed by atoms with Crippen molar-refractivity contribution in [1.82, 2.24) is 4.98 Å². The van der Waals surface area contributed by atoms with Crippen LogP contribution in [0.1, 0.15) is 10.4 Å². The molecule has 17 heavy (non-hydrogen) atoms. The Morgan fingerprint density at radius 1 is 1.47 bits per heavy atom. The first kappa shape index (κ1) is 13.6. The van der Waals surface area contributed by atoms with Gasteiger partial charge < -0.3 is 4.74 Å². The lowest BCUT2D eigenvalue weighted by Crippen LogP contribution is -2.33. The fraction of sp³-hybridized carbons (Fsp3) is 0.400. The predicted octanol–water partition coefficient (Wildman–Crippen LogP) is 2.18. The number of hydrogen-bond acceptors (Lipinski definition) is 3. The number of rotatable bonds is 6. The minimum absolute atomic E-state index is 0.174. The van der Waals surface area contributed by atoms with Gasteiger partial charge in [-0.05, 0) is 12.1 Å². The molecule has 1 aromatic heterocycles. The van der Waals surface area contributed by atoms with Crippen molar-refractivity contribution >= 4 is 5.78 Å². The molecule has 1 aromatic rings. The molecule has 7 heteroatoms. The summed E-state index contributed by atoms with van der Waals surface area (Å²) in [5.41, 5.74) is 0.174. The molecule has 3 nitrogen and oxygen atoms in total. The Bertz CT molecular complexity index is 370. The van der Waals surface area contributed by atoms with E-state index in [0.29, 0.717) is 0 Å². The molecule has 0 amide bonds. The number of carbonyl (C=O) groups excluding carboxylic acids is 1. The Hall–Kier alpha value is -1.50. The van der Waals surface area contributed by atoms with Gasteiger partial charge in [0.2, 0.25) is 0 Å². The Labute approximate surface area is 94.4 Å². The number of carbonyl (C=O) groups is 1. The molecule has 0 aliphatic rings. The highest BCUT2D eigenvalue weighted by Crippen LogP contribution is 2.22. The van der Waals surface area contributed by atoms with Gasteiger partial charge >= 0.3 is 12.3 Å². The molecule has 1 rings (SSSR count). The van der Waals surface area contributed by atoms with Crippen LogP contribution in [0.25, 0.3) is 0 Å². The summed E-state index contributed by atoms with van der Waals surface area (Å²) in [5, 5.41) is 0. The van der Waals surface area contributed by atoms with Gasteiger partial charge in [0.15, 0.2) is 5.78 Å². The Morgan fingerprint density at radius 3 is 2.71 bits per heavy atom. The maximum absolute atomic E-state index is 12.4. The van der Waals surface area contributed by atoms with Gasteiger partial charge in [0.25, 0.3) is 0 Å². The number of ketones is 1. The van der Waals surface area contributed by atoms with Crippen molar-refractivity contribution in [2.45, 2.75) is 12.3 Å². The molecule has 0 bridgehead atoms. The molecule has 0 aromatic carbocycles. The van der Waals surface area contributed by atoms with Gasteiger partial charge in [-0.15, -0.1) is 0 Å². The van der Waals surface area contributed by atoms with Gasteiger partial charge in [-0.2, -0.15) is 8.78 Å². The number of ether oxygens (including phenoxy) is 1. The van der Waals surface area contributed by atoms with Gasteiger partial charge in [-0.25, -0.2) is 8.78 Å². The largest absolute Gasteiger partial charge is 0.367 e. The third-order valence-corrected chi connectivity index (χ3v) is 1.83. The van der Waals surface area contributed by atoms with Crippen LogP contribution in [0.15, 0.2) is 24.5 Å². The first-order valence-corrected chi connectivity index (χ1v) is 4.60. The van der Waals surface area contributed by atoms with Crippen LogP contribution in [0.3, 0.4) is 0 Å². The molecular formula is C10H9F4NO2. The fourth-order valence-electron chi connectivity index (χ4n) is 0.954. The molecule has 0 fully saturated rings. The van der Waals surface area contributed by atoms with E-state index < -0.39 is 31.3 Å². The van der Waals surface area contributed by atoms with Gasteiger partial charge in [-0.1, -0.05) is 0 Å². The standard InChI is InChI=1S/C10H9F4NO2/c11-9(12)10(13,14)6-17-5-8(16)7-2-1-3-15-4-7/h1-4,9H,5-6H2. The lowest BCUT2D eigenvalue weighted by molar-refractivity contribution is -0.163. The number of aromatic nitrogens is 1. The topological polar surface area (TPSA) is 39.2 Å². The second-order valence-corrected chi connectivity index (χ2v) is 3.22. The van der Waals surface area contributed by atoms with E-state index in [2.05, 4.69) is 9.72 Å². The monoisotopic (exact) mass is 251 g/mol. The van der Waals surface area contributed by atoms with E-state index in [0.717, 1.165) is 0 Å². The third kappa shape index (κ3) is 4.10. The molecule has 1 heterocycles. The summed E-state index contributed by atoms with van der Waals surface area (Å²) in [6, 6.07) is 2.91. The average Bonchev–Trinajstić information content (AvgIpc) is 2.29. The highest BCUT2D eigenvalue weighted by atomic mass is 19.3. The summed E-state index contributed by atoms with van der Waals surface area (Å²) in [6.45, 7) is -2.18. The molecule has 0 atom stereocenters. The molecule has 0 saturated carbocycles. The van der Waals surface area contributed by atoms with E-state index in [-0.39, 0.29) is 5.56 Å². The number of hydrogen-bond donors (Lipinski definition) is 0.